The maximum atomic E-state index is 13.8. The summed E-state index contributed by atoms with van der Waals surface area (Å²) in [5.74, 6) is 0.914. The van der Waals surface area contributed by atoms with Gasteiger partial charge in [0.15, 0.2) is 16.3 Å². The summed E-state index contributed by atoms with van der Waals surface area (Å²) in [6.07, 6.45) is 3.51. The van der Waals surface area contributed by atoms with Gasteiger partial charge in [0.2, 0.25) is 0 Å². The molecule has 7 heteroatoms. The highest BCUT2D eigenvalue weighted by Gasteiger charge is 2.32. The van der Waals surface area contributed by atoms with E-state index in [4.69, 9.17) is 14.5 Å². The summed E-state index contributed by atoms with van der Waals surface area (Å²) in [6.45, 7) is 0. The van der Waals surface area contributed by atoms with Crippen LogP contribution in [0.1, 0.15) is 34.7 Å². The summed E-state index contributed by atoms with van der Waals surface area (Å²) < 4.78 is 26.9. The van der Waals surface area contributed by atoms with Gasteiger partial charge in [-0.25, -0.2) is 9.38 Å². The quantitative estimate of drug-likeness (QED) is 0.417. The Labute approximate surface area is 211 Å². The summed E-state index contributed by atoms with van der Waals surface area (Å²) in [5.41, 5.74) is 5.94. The van der Waals surface area contributed by atoms with E-state index in [1.807, 2.05) is 36.4 Å². The van der Waals surface area contributed by atoms with Crippen molar-refractivity contribution >= 4 is 23.1 Å². The van der Waals surface area contributed by atoms with Crippen LogP contribution in [0.4, 0.5) is 4.39 Å². The van der Waals surface area contributed by atoms with Gasteiger partial charge in [0.25, 0.3) is 5.56 Å². The molecule has 180 valence electrons. The number of thiazole rings is 1. The van der Waals surface area contributed by atoms with Crippen molar-refractivity contribution in [1.82, 2.24) is 4.57 Å². The maximum absolute atomic E-state index is 13.8. The van der Waals surface area contributed by atoms with Gasteiger partial charge in [-0.05, 0) is 65.4 Å². The van der Waals surface area contributed by atoms with Crippen molar-refractivity contribution in [2.45, 2.75) is 18.9 Å². The summed E-state index contributed by atoms with van der Waals surface area (Å²) in [7, 11) is 3.17. The molecule has 1 aliphatic heterocycles. The lowest BCUT2D eigenvalue weighted by Gasteiger charge is -2.30. The van der Waals surface area contributed by atoms with Crippen molar-refractivity contribution < 1.29 is 13.9 Å². The van der Waals surface area contributed by atoms with E-state index in [1.165, 1.54) is 29.0 Å². The number of fused-ring (bicyclic) bond motifs is 3. The number of rotatable bonds is 4. The number of allylic oxidation sites excluding steroid dienone is 1. The largest absolute Gasteiger partial charge is 0.493 e. The highest BCUT2D eigenvalue weighted by molar-refractivity contribution is 7.07. The summed E-state index contributed by atoms with van der Waals surface area (Å²) in [5, 5.41) is 0. The molecule has 1 atom stereocenters. The molecule has 0 radical (unpaired) electrons. The van der Waals surface area contributed by atoms with Crippen LogP contribution in [0.5, 0.6) is 11.5 Å². The van der Waals surface area contributed by atoms with E-state index in [0.29, 0.717) is 20.8 Å². The number of aryl methyl sites for hydroxylation is 1. The number of ether oxygens (including phenoxy) is 2. The van der Waals surface area contributed by atoms with Crippen molar-refractivity contribution in [3.8, 4) is 11.5 Å². The molecule has 0 fully saturated rings. The highest BCUT2D eigenvalue weighted by atomic mass is 32.1. The van der Waals surface area contributed by atoms with Crippen molar-refractivity contribution in [2.24, 2.45) is 4.99 Å². The third-order valence-electron chi connectivity index (χ3n) is 6.76. The van der Waals surface area contributed by atoms with Gasteiger partial charge >= 0.3 is 0 Å². The van der Waals surface area contributed by atoms with Gasteiger partial charge < -0.3 is 9.47 Å². The molecule has 2 aliphatic rings. The SMILES string of the molecule is COc1ccc(/C=c2/sc3n(c2=O)[C@H](c2ccc(F)cc2)C2=C(N=3)c3ccccc3CC2)cc1OC. The molecule has 3 aromatic carbocycles. The van der Waals surface area contributed by atoms with Crippen LogP contribution < -0.4 is 24.4 Å². The fourth-order valence-corrected chi connectivity index (χ4v) is 6.06. The Balaban J connectivity index is 1.58. The normalized spacial score (nSPS) is 16.6. The number of nitrogens with zero attached hydrogens (tertiary/aromatic N) is 2. The van der Waals surface area contributed by atoms with Crippen molar-refractivity contribution in [2.75, 3.05) is 14.2 Å². The van der Waals surface area contributed by atoms with Crippen LogP contribution in [0.3, 0.4) is 0 Å². The van der Waals surface area contributed by atoms with Crippen LogP contribution >= 0.6 is 11.3 Å². The lowest BCUT2D eigenvalue weighted by molar-refractivity contribution is 0.355. The van der Waals surface area contributed by atoms with Crippen molar-refractivity contribution in [1.29, 1.82) is 0 Å². The number of benzene rings is 3. The molecule has 0 bridgehead atoms. The molecule has 2 heterocycles. The topological polar surface area (TPSA) is 52.8 Å². The maximum Gasteiger partial charge on any atom is 0.271 e. The van der Waals surface area contributed by atoms with E-state index in [2.05, 4.69) is 12.1 Å². The molecular weight excluding hydrogens is 475 g/mol. The zero-order chi connectivity index (χ0) is 24.8. The first-order valence-electron chi connectivity index (χ1n) is 11.7. The zero-order valence-electron chi connectivity index (χ0n) is 19.8. The van der Waals surface area contributed by atoms with Crippen LogP contribution in [-0.2, 0) is 6.42 Å². The number of hydrogen-bond donors (Lipinski definition) is 0. The first kappa shape index (κ1) is 22.5. The van der Waals surface area contributed by atoms with E-state index >= 15 is 0 Å². The molecule has 5 nitrogen and oxygen atoms in total. The molecule has 0 unspecified atom stereocenters. The molecule has 4 aromatic rings. The Morgan fingerprint density at radius 1 is 1.00 bits per heavy atom. The minimum absolute atomic E-state index is 0.117. The first-order chi connectivity index (χ1) is 17.6. The zero-order valence-corrected chi connectivity index (χ0v) is 20.6. The number of hydrogen-bond acceptors (Lipinski definition) is 5. The third-order valence-corrected chi connectivity index (χ3v) is 7.75. The second-order valence-corrected chi connectivity index (χ2v) is 9.79. The van der Waals surface area contributed by atoms with Crippen LogP contribution in [0, 0.1) is 5.82 Å². The average molecular weight is 499 g/mol. The van der Waals surface area contributed by atoms with Gasteiger partial charge in [-0.2, -0.15) is 0 Å². The molecule has 0 N–H and O–H groups in total. The van der Waals surface area contributed by atoms with Gasteiger partial charge in [-0.1, -0.05) is 53.8 Å². The molecule has 6 rings (SSSR count). The standard InChI is InChI=1S/C29H23FN2O3S/c1-34-23-14-7-17(15-24(23)35-2)16-25-28(33)32-27(19-8-11-20(30)12-9-19)22-13-10-18-5-3-4-6-21(18)26(22)31-29(32)36-25/h3-9,11-12,14-16,27H,10,13H2,1-2H3/b25-16+/t27-/m1/s1. The molecule has 0 saturated carbocycles. The Kier molecular flexibility index (Phi) is 5.57. The van der Waals surface area contributed by atoms with E-state index in [9.17, 15) is 9.18 Å². The predicted octanol–water partition coefficient (Wildman–Crippen LogP) is 4.48. The molecule has 0 amide bonds. The number of halogens is 1. The van der Waals surface area contributed by atoms with E-state index in [0.717, 1.165) is 40.8 Å². The van der Waals surface area contributed by atoms with Gasteiger partial charge in [0, 0.05) is 5.56 Å². The minimum atomic E-state index is -0.335. The van der Waals surface area contributed by atoms with Crippen LogP contribution in [0.2, 0.25) is 0 Å². The average Bonchev–Trinajstić information content (AvgIpc) is 3.22. The Morgan fingerprint density at radius 2 is 1.78 bits per heavy atom. The molecule has 0 saturated heterocycles. The lowest BCUT2D eigenvalue weighted by Crippen LogP contribution is -2.38. The summed E-state index contributed by atoms with van der Waals surface area (Å²) in [6, 6.07) is 19.9. The highest BCUT2D eigenvalue weighted by Crippen LogP contribution is 2.41. The van der Waals surface area contributed by atoms with Crippen molar-refractivity contribution in [3.63, 3.8) is 0 Å². The fraction of sp³-hybridized carbons (Fsp3) is 0.172. The van der Waals surface area contributed by atoms with Crippen molar-refractivity contribution in [3.05, 3.63) is 120 Å². The second-order valence-electron chi connectivity index (χ2n) is 8.78. The van der Waals surface area contributed by atoms with E-state index in [-0.39, 0.29) is 17.4 Å². The Hall–Kier alpha value is -3.97. The van der Waals surface area contributed by atoms with Gasteiger partial charge in [0.05, 0.1) is 30.5 Å². The Bertz CT molecular complexity index is 1700. The lowest BCUT2D eigenvalue weighted by atomic mass is 9.83. The molecule has 1 aromatic heterocycles. The van der Waals surface area contributed by atoms with Gasteiger partial charge in [0.1, 0.15) is 5.82 Å². The van der Waals surface area contributed by atoms with Crippen LogP contribution in [-0.4, -0.2) is 18.8 Å². The number of methoxy groups -OCH3 is 2. The smallest absolute Gasteiger partial charge is 0.271 e. The Morgan fingerprint density at radius 3 is 2.56 bits per heavy atom. The monoisotopic (exact) mass is 498 g/mol. The van der Waals surface area contributed by atoms with Gasteiger partial charge in [-0.3, -0.25) is 9.36 Å². The summed E-state index contributed by atoms with van der Waals surface area (Å²) >= 11 is 1.36. The third kappa shape index (κ3) is 3.67. The minimum Gasteiger partial charge on any atom is -0.493 e. The molecule has 36 heavy (non-hydrogen) atoms. The molecule has 0 spiro atoms. The number of aromatic nitrogens is 1. The first-order valence-corrected chi connectivity index (χ1v) is 12.5. The fourth-order valence-electron chi connectivity index (χ4n) is 5.06. The molecule has 1 aliphatic carbocycles. The predicted molar refractivity (Wildman–Crippen MR) is 139 cm³/mol. The molecular formula is C29H23FN2O3S. The van der Waals surface area contributed by atoms with Crippen LogP contribution in [0.15, 0.2) is 82.1 Å². The second kappa shape index (κ2) is 8.91. The van der Waals surface area contributed by atoms with E-state index < -0.39 is 0 Å². The van der Waals surface area contributed by atoms with Crippen LogP contribution in [0.25, 0.3) is 11.8 Å². The summed E-state index contributed by atoms with van der Waals surface area (Å²) in [4.78, 5) is 19.4. The van der Waals surface area contributed by atoms with Gasteiger partial charge in [-0.15, -0.1) is 0 Å². The van der Waals surface area contributed by atoms with E-state index in [1.54, 1.807) is 30.9 Å².